The summed E-state index contributed by atoms with van der Waals surface area (Å²) in [6.07, 6.45) is 5.34. The predicted molar refractivity (Wildman–Crippen MR) is 126 cm³/mol. The summed E-state index contributed by atoms with van der Waals surface area (Å²) in [5.41, 5.74) is 3.62. The SMILES string of the molecule is CCC(=O)N[C@@H]1CCCC[C@@H]1C(=O)N1CC[C@H]2[C@H](c3ccccc3)Nc3ccccc3[C@@H]21. The molecule has 2 amide bonds. The highest BCUT2D eigenvalue weighted by atomic mass is 16.2. The number of hydrogen-bond donors (Lipinski definition) is 2. The summed E-state index contributed by atoms with van der Waals surface area (Å²) in [5.74, 6) is 0.492. The van der Waals surface area contributed by atoms with Crippen LogP contribution in [0.3, 0.4) is 0 Å². The Labute approximate surface area is 190 Å². The molecule has 5 nitrogen and oxygen atoms in total. The molecule has 168 valence electrons. The van der Waals surface area contributed by atoms with Crippen molar-refractivity contribution in [2.24, 2.45) is 11.8 Å². The molecule has 0 aromatic heterocycles. The van der Waals surface area contributed by atoms with Crippen molar-refractivity contribution in [3.63, 3.8) is 0 Å². The first-order valence-corrected chi connectivity index (χ1v) is 12.2. The van der Waals surface area contributed by atoms with Gasteiger partial charge in [-0.25, -0.2) is 0 Å². The molecule has 3 aliphatic rings. The van der Waals surface area contributed by atoms with Crippen molar-refractivity contribution in [3.05, 3.63) is 65.7 Å². The van der Waals surface area contributed by atoms with Gasteiger partial charge in [-0.1, -0.05) is 68.3 Å². The van der Waals surface area contributed by atoms with Crippen LogP contribution in [0.25, 0.3) is 0 Å². The second-order valence-corrected chi connectivity index (χ2v) is 9.47. The minimum absolute atomic E-state index is 0.0374. The molecule has 1 saturated carbocycles. The third kappa shape index (κ3) is 3.78. The van der Waals surface area contributed by atoms with Gasteiger partial charge in [0.25, 0.3) is 0 Å². The van der Waals surface area contributed by atoms with Crippen molar-refractivity contribution in [2.75, 3.05) is 11.9 Å². The third-order valence-electron chi connectivity index (χ3n) is 7.66. The molecule has 32 heavy (non-hydrogen) atoms. The van der Waals surface area contributed by atoms with Gasteiger partial charge in [-0.2, -0.15) is 0 Å². The number of benzene rings is 2. The first kappa shape index (κ1) is 21.0. The van der Waals surface area contributed by atoms with Gasteiger partial charge in [-0.05, 0) is 36.5 Å². The van der Waals surface area contributed by atoms with Crippen LogP contribution in [-0.4, -0.2) is 29.3 Å². The highest BCUT2D eigenvalue weighted by Crippen LogP contribution is 2.51. The number of fused-ring (bicyclic) bond motifs is 3. The summed E-state index contributed by atoms with van der Waals surface area (Å²) in [5, 5.41) is 6.92. The highest BCUT2D eigenvalue weighted by molar-refractivity contribution is 5.83. The van der Waals surface area contributed by atoms with E-state index >= 15 is 0 Å². The summed E-state index contributed by atoms with van der Waals surface area (Å²) < 4.78 is 0. The molecule has 2 aliphatic heterocycles. The molecular weight excluding hydrogens is 398 g/mol. The maximum Gasteiger partial charge on any atom is 0.228 e. The number of amides is 2. The topological polar surface area (TPSA) is 61.4 Å². The van der Waals surface area contributed by atoms with E-state index in [1.807, 2.05) is 6.92 Å². The van der Waals surface area contributed by atoms with Gasteiger partial charge in [0.2, 0.25) is 11.8 Å². The van der Waals surface area contributed by atoms with Gasteiger partial charge < -0.3 is 15.5 Å². The molecule has 2 N–H and O–H groups in total. The number of rotatable bonds is 4. The largest absolute Gasteiger partial charge is 0.378 e. The van der Waals surface area contributed by atoms with Crippen LogP contribution >= 0.6 is 0 Å². The van der Waals surface area contributed by atoms with E-state index < -0.39 is 0 Å². The summed E-state index contributed by atoms with van der Waals surface area (Å²) >= 11 is 0. The van der Waals surface area contributed by atoms with E-state index in [1.54, 1.807) is 0 Å². The van der Waals surface area contributed by atoms with Crippen LogP contribution in [0.2, 0.25) is 0 Å². The zero-order valence-corrected chi connectivity index (χ0v) is 18.8. The van der Waals surface area contributed by atoms with E-state index in [9.17, 15) is 9.59 Å². The molecule has 5 rings (SSSR count). The predicted octanol–water partition coefficient (Wildman–Crippen LogP) is 4.83. The van der Waals surface area contributed by atoms with Crippen molar-refractivity contribution in [1.29, 1.82) is 0 Å². The van der Waals surface area contributed by atoms with Gasteiger partial charge >= 0.3 is 0 Å². The van der Waals surface area contributed by atoms with Crippen molar-refractivity contribution in [1.82, 2.24) is 10.2 Å². The number of carbonyl (C=O) groups is 2. The molecule has 5 atom stereocenters. The number of carbonyl (C=O) groups excluding carboxylic acids is 2. The maximum atomic E-state index is 13.9. The van der Waals surface area contributed by atoms with Crippen LogP contribution in [0.15, 0.2) is 54.6 Å². The van der Waals surface area contributed by atoms with E-state index in [0.29, 0.717) is 12.3 Å². The van der Waals surface area contributed by atoms with Gasteiger partial charge in [0.05, 0.1) is 18.0 Å². The zero-order valence-electron chi connectivity index (χ0n) is 18.8. The quantitative estimate of drug-likeness (QED) is 0.729. The molecule has 0 bridgehead atoms. The van der Waals surface area contributed by atoms with Gasteiger partial charge in [-0.15, -0.1) is 0 Å². The first-order valence-electron chi connectivity index (χ1n) is 12.2. The second kappa shape index (κ2) is 8.97. The Hall–Kier alpha value is -2.82. The van der Waals surface area contributed by atoms with Crippen molar-refractivity contribution in [3.8, 4) is 0 Å². The molecule has 2 heterocycles. The average molecular weight is 432 g/mol. The monoisotopic (exact) mass is 431 g/mol. The van der Waals surface area contributed by atoms with E-state index in [4.69, 9.17) is 0 Å². The lowest BCUT2D eigenvalue weighted by molar-refractivity contribution is -0.139. The second-order valence-electron chi connectivity index (χ2n) is 9.47. The molecule has 0 radical (unpaired) electrons. The maximum absolute atomic E-state index is 13.9. The molecule has 5 heteroatoms. The fourth-order valence-electron chi connectivity index (χ4n) is 6.08. The van der Waals surface area contributed by atoms with Crippen LogP contribution in [0, 0.1) is 11.8 Å². The number of anilines is 1. The fraction of sp³-hybridized carbons (Fsp3) is 0.481. The normalized spacial score (nSPS) is 28.9. The Balaban J connectivity index is 1.46. The minimum atomic E-state index is -0.116. The van der Waals surface area contributed by atoms with Gasteiger partial charge in [0.1, 0.15) is 0 Å². The van der Waals surface area contributed by atoms with Crippen molar-refractivity contribution < 1.29 is 9.59 Å². The molecule has 1 aliphatic carbocycles. The number of para-hydroxylation sites is 1. The lowest BCUT2D eigenvalue weighted by Crippen LogP contribution is -2.50. The van der Waals surface area contributed by atoms with Crippen molar-refractivity contribution >= 4 is 17.5 Å². The lowest BCUT2D eigenvalue weighted by Gasteiger charge is -2.42. The van der Waals surface area contributed by atoms with Crippen LogP contribution < -0.4 is 10.6 Å². The van der Waals surface area contributed by atoms with Crippen LogP contribution in [0.1, 0.15) is 68.7 Å². The molecule has 1 saturated heterocycles. The zero-order chi connectivity index (χ0) is 22.1. The van der Waals surface area contributed by atoms with Crippen molar-refractivity contribution in [2.45, 2.75) is 63.6 Å². The average Bonchev–Trinajstić information content (AvgIpc) is 3.29. The Morgan fingerprint density at radius 1 is 1.00 bits per heavy atom. The molecule has 0 unspecified atom stereocenters. The van der Waals surface area contributed by atoms with E-state index in [2.05, 4.69) is 70.1 Å². The Kier molecular flexibility index (Phi) is 5.90. The van der Waals surface area contributed by atoms with Crippen LogP contribution in [0.4, 0.5) is 5.69 Å². The summed E-state index contributed by atoms with van der Waals surface area (Å²) in [6.45, 7) is 2.65. The van der Waals surface area contributed by atoms with Gasteiger partial charge in [0, 0.05) is 30.6 Å². The number of nitrogens with one attached hydrogen (secondary N) is 2. The molecule has 2 aromatic rings. The van der Waals surface area contributed by atoms with E-state index in [0.717, 1.165) is 44.3 Å². The fourth-order valence-corrected chi connectivity index (χ4v) is 6.08. The molecule has 0 spiro atoms. The number of hydrogen-bond acceptors (Lipinski definition) is 3. The standard InChI is InChI=1S/C27H33N3O2/c1-2-24(31)28-23-15-9-7-13-20(23)27(32)30-17-16-21-25(18-10-4-3-5-11-18)29-22-14-8-6-12-19(22)26(21)30/h3-6,8,10-12,14,20-21,23,25-26,29H,2,7,9,13,15-17H2,1H3,(H,28,31)/t20-,21-,23+,25-,26-/m0/s1. The minimum Gasteiger partial charge on any atom is -0.378 e. The Morgan fingerprint density at radius 2 is 1.75 bits per heavy atom. The van der Waals surface area contributed by atoms with Gasteiger partial charge in [-0.3, -0.25) is 9.59 Å². The first-order chi connectivity index (χ1) is 15.7. The molecular formula is C27H33N3O2. The summed E-state index contributed by atoms with van der Waals surface area (Å²) in [4.78, 5) is 28.2. The molecule has 2 fully saturated rings. The Morgan fingerprint density at radius 3 is 2.56 bits per heavy atom. The number of nitrogens with zero attached hydrogens (tertiary/aromatic N) is 1. The van der Waals surface area contributed by atoms with Crippen LogP contribution in [0.5, 0.6) is 0 Å². The summed E-state index contributed by atoms with van der Waals surface area (Å²) in [6, 6.07) is 19.3. The van der Waals surface area contributed by atoms with Gasteiger partial charge in [0.15, 0.2) is 0 Å². The van der Waals surface area contributed by atoms with E-state index in [-0.39, 0.29) is 35.9 Å². The number of likely N-dealkylation sites (tertiary alicyclic amines) is 1. The smallest absolute Gasteiger partial charge is 0.228 e. The lowest BCUT2D eigenvalue weighted by atomic mass is 9.79. The van der Waals surface area contributed by atoms with Crippen LogP contribution in [-0.2, 0) is 9.59 Å². The van der Waals surface area contributed by atoms with E-state index in [1.165, 1.54) is 11.1 Å². The molecule has 2 aromatic carbocycles. The highest BCUT2D eigenvalue weighted by Gasteiger charge is 2.48. The Bertz CT molecular complexity index is 976. The summed E-state index contributed by atoms with van der Waals surface area (Å²) in [7, 11) is 0. The third-order valence-corrected chi connectivity index (χ3v) is 7.66.